The molecule has 0 aliphatic carbocycles. The summed E-state index contributed by atoms with van der Waals surface area (Å²) in [5.41, 5.74) is 1.02. The van der Waals surface area contributed by atoms with Gasteiger partial charge >= 0.3 is 0 Å². The van der Waals surface area contributed by atoms with E-state index in [-0.39, 0.29) is 22.6 Å². The number of amidine groups is 1. The summed E-state index contributed by atoms with van der Waals surface area (Å²) in [6.07, 6.45) is 1.41. The molecule has 0 bridgehead atoms. The average Bonchev–Trinajstić information content (AvgIpc) is 2.85. The number of benzene rings is 2. The lowest BCUT2D eigenvalue weighted by Crippen LogP contribution is -2.40. The number of carbonyl (C=O) groups excluding carboxylic acids is 2. The predicted molar refractivity (Wildman–Crippen MR) is 128 cm³/mol. The number of rotatable bonds is 5. The summed E-state index contributed by atoms with van der Waals surface area (Å²) >= 11 is 0. The molecule has 0 saturated carbocycles. The van der Waals surface area contributed by atoms with Crippen molar-refractivity contribution in [2.45, 2.75) is 0 Å². The maximum Gasteiger partial charge on any atom is 0.258 e. The number of pyridine rings is 1. The Morgan fingerprint density at radius 2 is 1.74 bits per heavy atom. The Morgan fingerprint density at radius 1 is 1.00 bits per heavy atom. The first-order chi connectivity index (χ1) is 16.4. The summed E-state index contributed by atoms with van der Waals surface area (Å²) in [4.78, 5) is 31.4. The van der Waals surface area contributed by atoms with Crippen LogP contribution in [0.1, 0.15) is 26.3 Å². The molecule has 8 nitrogen and oxygen atoms in total. The molecule has 0 spiro atoms. The molecule has 2 radical (unpaired) electrons. The molecular formula is C24H21BFN5O3. The van der Waals surface area contributed by atoms with Crippen LogP contribution in [-0.2, 0) is 4.74 Å². The van der Waals surface area contributed by atoms with Crippen molar-refractivity contribution in [3.05, 3.63) is 83.3 Å². The summed E-state index contributed by atoms with van der Waals surface area (Å²) in [6, 6.07) is 13.6. The average molecular weight is 457 g/mol. The Hall–Kier alpha value is -4.05. The molecule has 1 aromatic heterocycles. The largest absolute Gasteiger partial charge is 0.378 e. The summed E-state index contributed by atoms with van der Waals surface area (Å²) in [5, 5.41) is 13.5. The minimum absolute atomic E-state index is 0.174. The highest BCUT2D eigenvalue weighted by atomic mass is 19.1. The third kappa shape index (κ3) is 5.29. The number of para-hydroxylation sites is 1. The fourth-order valence-electron chi connectivity index (χ4n) is 3.46. The minimum Gasteiger partial charge on any atom is -0.378 e. The van der Waals surface area contributed by atoms with Gasteiger partial charge in [-0.1, -0.05) is 29.7 Å². The van der Waals surface area contributed by atoms with Crippen LogP contribution in [-0.4, -0.2) is 61.7 Å². The van der Waals surface area contributed by atoms with E-state index >= 15 is 0 Å². The van der Waals surface area contributed by atoms with E-state index < -0.39 is 17.6 Å². The number of carbonyl (C=O) groups is 2. The fourth-order valence-corrected chi connectivity index (χ4v) is 3.46. The second-order valence-corrected chi connectivity index (χ2v) is 7.57. The summed E-state index contributed by atoms with van der Waals surface area (Å²) < 4.78 is 20.1. The van der Waals surface area contributed by atoms with Gasteiger partial charge in [0.1, 0.15) is 25.3 Å². The zero-order valence-electron chi connectivity index (χ0n) is 18.2. The van der Waals surface area contributed by atoms with Crippen LogP contribution in [0.25, 0.3) is 0 Å². The molecule has 170 valence electrons. The maximum atomic E-state index is 14.8. The number of aromatic nitrogens is 1. The van der Waals surface area contributed by atoms with Gasteiger partial charge in [-0.2, -0.15) is 0 Å². The van der Waals surface area contributed by atoms with Crippen LogP contribution in [0.5, 0.6) is 0 Å². The van der Waals surface area contributed by atoms with Crippen LogP contribution in [0.15, 0.2) is 60.8 Å². The van der Waals surface area contributed by atoms with E-state index in [2.05, 4.69) is 15.6 Å². The van der Waals surface area contributed by atoms with Gasteiger partial charge in [0.2, 0.25) is 0 Å². The number of anilines is 2. The molecule has 2 amide bonds. The van der Waals surface area contributed by atoms with E-state index in [1.165, 1.54) is 24.4 Å². The van der Waals surface area contributed by atoms with Gasteiger partial charge in [0, 0.05) is 24.8 Å². The highest BCUT2D eigenvalue weighted by molar-refractivity contribution is 6.32. The van der Waals surface area contributed by atoms with Crippen LogP contribution >= 0.6 is 0 Å². The van der Waals surface area contributed by atoms with Gasteiger partial charge in [0.05, 0.1) is 30.0 Å². The van der Waals surface area contributed by atoms with Crippen LogP contribution in [0.3, 0.4) is 0 Å². The summed E-state index contributed by atoms with van der Waals surface area (Å²) in [6.45, 7) is 2.11. The van der Waals surface area contributed by atoms with Crippen molar-refractivity contribution in [2.75, 3.05) is 36.9 Å². The molecule has 1 saturated heterocycles. The number of hydrogen-bond donors (Lipinski definition) is 3. The first-order valence-electron chi connectivity index (χ1n) is 10.6. The minimum atomic E-state index is -0.763. The van der Waals surface area contributed by atoms with Crippen molar-refractivity contribution < 1.29 is 18.7 Å². The maximum absolute atomic E-state index is 14.8. The van der Waals surface area contributed by atoms with Gasteiger partial charge in [-0.15, -0.1) is 0 Å². The Labute approximate surface area is 197 Å². The zero-order chi connectivity index (χ0) is 24.1. The number of ether oxygens (including phenoxy) is 1. The van der Waals surface area contributed by atoms with Crippen molar-refractivity contribution in [3.63, 3.8) is 0 Å². The van der Waals surface area contributed by atoms with Crippen molar-refractivity contribution in [3.8, 4) is 0 Å². The predicted octanol–water partition coefficient (Wildman–Crippen LogP) is 2.18. The number of hydrogen-bond acceptors (Lipinski definition) is 5. The van der Waals surface area contributed by atoms with Gasteiger partial charge in [0.15, 0.2) is 0 Å². The van der Waals surface area contributed by atoms with Crippen LogP contribution in [0.2, 0.25) is 0 Å². The van der Waals surface area contributed by atoms with Crippen molar-refractivity contribution in [1.29, 1.82) is 5.41 Å². The summed E-state index contributed by atoms with van der Waals surface area (Å²) in [7, 11) is 5.61. The van der Waals surface area contributed by atoms with Crippen LogP contribution < -0.4 is 16.1 Å². The first-order valence-corrected chi connectivity index (χ1v) is 10.6. The molecule has 1 aliphatic heterocycles. The lowest BCUT2D eigenvalue weighted by molar-refractivity contribution is 0.0680. The second kappa shape index (κ2) is 10.3. The van der Waals surface area contributed by atoms with Crippen molar-refractivity contribution in [2.24, 2.45) is 0 Å². The third-order valence-electron chi connectivity index (χ3n) is 5.26. The standard InChI is InChI=1S/C24H21BFN5O3/c25-16-6-8-21(28-14-16)30-24(33)18-3-1-2-4-20(18)29-23(32)17-7-5-15(13-19(17)26)22(27)31-9-11-34-12-10-31/h1-8,13-14,27H,9-12H2,(H,29,32)(H,28,30,33). The Balaban J connectivity index is 1.49. The third-order valence-corrected chi connectivity index (χ3v) is 5.26. The summed E-state index contributed by atoms with van der Waals surface area (Å²) in [5.74, 6) is -1.51. The molecule has 3 N–H and O–H groups in total. The molecule has 2 heterocycles. The lowest BCUT2D eigenvalue weighted by atomic mass is 9.99. The lowest BCUT2D eigenvalue weighted by Gasteiger charge is -2.29. The number of amides is 2. The quantitative estimate of drug-likeness (QED) is 0.309. The molecule has 0 atom stereocenters. The smallest absolute Gasteiger partial charge is 0.258 e. The van der Waals surface area contributed by atoms with Gasteiger partial charge in [-0.3, -0.25) is 15.0 Å². The number of halogens is 1. The van der Waals surface area contributed by atoms with Gasteiger partial charge < -0.3 is 20.3 Å². The van der Waals surface area contributed by atoms with E-state index in [1.807, 2.05) is 0 Å². The molecule has 34 heavy (non-hydrogen) atoms. The van der Waals surface area contributed by atoms with E-state index in [0.29, 0.717) is 43.1 Å². The molecule has 3 aromatic rings. The monoisotopic (exact) mass is 457 g/mol. The van der Waals surface area contributed by atoms with E-state index in [9.17, 15) is 14.0 Å². The SMILES string of the molecule is [B]c1ccc(NC(=O)c2ccccc2NC(=O)c2ccc(C(=N)N3CCOCC3)cc2F)nc1. The highest BCUT2D eigenvalue weighted by Gasteiger charge is 2.20. The Kier molecular flexibility index (Phi) is 6.98. The molecule has 2 aromatic carbocycles. The van der Waals surface area contributed by atoms with E-state index in [1.54, 1.807) is 35.2 Å². The van der Waals surface area contributed by atoms with E-state index in [0.717, 1.165) is 6.07 Å². The zero-order valence-corrected chi connectivity index (χ0v) is 18.2. The van der Waals surface area contributed by atoms with Gasteiger partial charge in [-0.25, -0.2) is 9.37 Å². The Morgan fingerprint density at radius 3 is 2.44 bits per heavy atom. The van der Waals surface area contributed by atoms with Gasteiger partial charge in [-0.05, 0) is 30.3 Å². The van der Waals surface area contributed by atoms with Crippen LogP contribution in [0, 0.1) is 11.2 Å². The van der Waals surface area contributed by atoms with Crippen molar-refractivity contribution >= 4 is 42.5 Å². The molecular weight excluding hydrogens is 436 g/mol. The molecule has 10 heteroatoms. The number of nitrogens with zero attached hydrogens (tertiary/aromatic N) is 2. The van der Waals surface area contributed by atoms with E-state index in [4.69, 9.17) is 18.0 Å². The normalized spacial score (nSPS) is 13.3. The fraction of sp³-hybridized carbons (Fsp3) is 0.167. The van der Waals surface area contributed by atoms with Crippen molar-refractivity contribution in [1.82, 2.24) is 9.88 Å². The topological polar surface area (TPSA) is 107 Å². The molecule has 1 aliphatic rings. The first kappa shape index (κ1) is 23.1. The van der Waals surface area contributed by atoms with Crippen LogP contribution in [0.4, 0.5) is 15.9 Å². The highest BCUT2D eigenvalue weighted by Crippen LogP contribution is 2.20. The molecule has 4 rings (SSSR count). The molecule has 1 fully saturated rings. The second-order valence-electron chi connectivity index (χ2n) is 7.57. The number of nitrogens with one attached hydrogen (secondary N) is 3. The Bertz CT molecular complexity index is 1230. The van der Waals surface area contributed by atoms with Gasteiger partial charge in [0.25, 0.3) is 11.8 Å². The molecule has 0 unspecified atom stereocenters. The number of morpholine rings is 1.